The summed E-state index contributed by atoms with van der Waals surface area (Å²) in [5.41, 5.74) is 5.95. The van der Waals surface area contributed by atoms with Crippen molar-refractivity contribution in [1.82, 2.24) is 9.88 Å². The second-order valence-corrected chi connectivity index (χ2v) is 7.60. The van der Waals surface area contributed by atoms with Crippen molar-refractivity contribution in [1.29, 1.82) is 0 Å². The van der Waals surface area contributed by atoms with Gasteiger partial charge in [0.15, 0.2) is 6.61 Å². The molecule has 0 aliphatic rings. The molecule has 0 aliphatic heterocycles. The first-order valence-electron chi connectivity index (χ1n) is 10.1. The van der Waals surface area contributed by atoms with Gasteiger partial charge in [0.1, 0.15) is 6.54 Å². The third kappa shape index (κ3) is 5.28. The number of nitrogens with zero attached hydrogens (tertiary/aromatic N) is 1. The zero-order valence-corrected chi connectivity index (χ0v) is 18.2. The lowest BCUT2D eigenvalue weighted by molar-refractivity contribution is -0.141. The molecule has 3 aromatic rings. The first-order valence-corrected chi connectivity index (χ1v) is 10.1. The average molecular weight is 418 g/mol. The zero-order valence-electron chi connectivity index (χ0n) is 18.2. The monoisotopic (exact) mass is 418 g/mol. The van der Waals surface area contributed by atoms with Crippen molar-refractivity contribution in [3.63, 3.8) is 0 Å². The number of nitrogens with one attached hydrogen (secondary N) is 1. The molecule has 0 saturated heterocycles. The first kappa shape index (κ1) is 22.0. The third-order valence-electron chi connectivity index (χ3n) is 4.99. The van der Waals surface area contributed by atoms with Gasteiger partial charge in [-0.3, -0.25) is 14.4 Å². The molecule has 0 atom stereocenters. The Kier molecular flexibility index (Phi) is 6.70. The van der Waals surface area contributed by atoms with Crippen molar-refractivity contribution in [3.8, 4) is 5.69 Å². The minimum Gasteiger partial charge on any atom is -0.456 e. The number of esters is 1. The molecule has 0 fully saturated rings. The van der Waals surface area contributed by atoms with E-state index in [0.29, 0.717) is 11.1 Å². The van der Waals surface area contributed by atoms with Crippen LogP contribution in [0.2, 0.25) is 0 Å². The number of aryl methyl sites for hydroxylation is 3. The molecule has 0 aliphatic carbocycles. The maximum Gasteiger partial charge on any atom is 0.325 e. The highest BCUT2D eigenvalue weighted by Gasteiger charge is 2.19. The quantitative estimate of drug-likeness (QED) is 0.467. The van der Waals surface area contributed by atoms with Crippen LogP contribution in [0.3, 0.4) is 0 Å². The molecule has 3 rings (SSSR count). The number of hydrogen-bond acceptors (Lipinski definition) is 4. The van der Waals surface area contributed by atoms with Gasteiger partial charge in [0.05, 0.1) is 0 Å². The van der Waals surface area contributed by atoms with Gasteiger partial charge in [0, 0.05) is 28.2 Å². The van der Waals surface area contributed by atoms with Crippen molar-refractivity contribution in [2.24, 2.45) is 0 Å². The topological polar surface area (TPSA) is 77.4 Å². The number of Topliss-reactive ketones (excluding diaryl/α,β-unsaturated/α-hetero) is 1. The maximum absolute atomic E-state index is 12.7. The van der Waals surface area contributed by atoms with Crippen molar-refractivity contribution < 1.29 is 19.1 Å². The van der Waals surface area contributed by atoms with Crippen LogP contribution in [-0.2, 0) is 9.53 Å². The summed E-state index contributed by atoms with van der Waals surface area (Å²) < 4.78 is 7.10. The highest BCUT2D eigenvalue weighted by atomic mass is 16.5. The molecule has 0 spiro atoms. The number of aromatic nitrogens is 1. The number of ketones is 1. The van der Waals surface area contributed by atoms with Crippen LogP contribution in [0.1, 0.15) is 43.2 Å². The average Bonchev–Trinajstić information content (AvgIpc) is 3.04. The van der Waals surface area contributed by atoms with Crippen LogP contribution in [-0.4, -0.2) is 35.4 Å². The Hall–Kier alpha value is -3.67. The van der Waals surface area contributed by atoms with Crippen LogP contribution in [0.15, 0.2) is 54.6 Å². The predicted octanol–water partition coefficient (Wildman–Crippen LogP) is 3.87. The zero-order chi connectivity index (χ0) is 22.5. The van der Waals surface area contributed by atoms with Gasteiger partial charge in [0.25, 0.3) is 5.91 Å². The number of rotatable bonds is 7. The van der Waals surface area contributed by atoms with Crippen molar-refractivity contribution in [2.45, 2.75) is 27.7 Å². The molecule has 31 heavy (non-hydrogen) atoms. The van der Waals surface area contributed by atoms with Crippen LogP contribution in [0.25, 0.3) is 5.69 Å². The highest BCUT2D eigenvalue weighted by Crippen LogP contribution is 2.23. The molecule has 1 amide bonds. The summed E-state index contributed by atoms with van der Waals surface area (Å²) in [5, 5.41) is 2.49. The molecule has 2 aromatic carbocycles. The molecule has 1 N–H and O–H groups in total. The summed E-state index contributed by atoms with van der Waals surface area (Å²) >= 11 is 0. The number of amides is 1. The van der Waals surface area contributed by atoms with Gasteiger partial charge in [0.2, 0.25) is 5.78 Å². The first-order chi connectivity index (χ1) is 14.8. The van der Waals surface area contributed by atoms with Gasteiger partial charge >= 0.3 is 5.97 Å². The Bertz CT molecular complexity index is 1110. The lowest BCUT2D eigenvalue weighted by atomic mass is 10.1. The standard InChI is InChI=1S/C25H26N2O4/c1-16-10-17(2)12-21(11-16)27-18(3)13-22(19(27)4)23(28)15-31-24(29)14-26-25(30)20-8-6-5-7-9-20/h5-13H,14-15H2,1-4H3,(H,26,30). The van der Waals surface area contributed by atoms with E-state index in [1.54, 1.807) is 36.4 Å². The van der Waals surface area contributed by atoms with Crippen LogP contribution < -0.4 is 5.32 Å². The molecule has 0 bridgehead atoms. The lowest BCUT2D eigenvalue weighted by Crippen LogP contribution is -2.31. The van der Waals surface area contributed by atoms with E-state index in [-0.39, 0.29) is 24.8 Å². The highest BCUT2D eigenvalue weighted by molar-refractivity contribution is 6.00. The van der Waals surface area contributed by atoms with Gasteiger partial charge in [-0.05, 0) is 69.2 Å². The fourth-order valence-corrected chi connectivity index (χ4v) is 3.64. The predicted molar refractivity (Wildman–Crippen MR) is 119 cm³/mol. The van der Waals surface area contributed by atoms with E-state index in [9.17, 15) is 14.4 Å². The largest absolute Gasteiger partial charge is 0.456 e. The Morgan fingerprint density at radius 2 is 1.55 bits per heavy atom. The van der Waals surface area contributed by atoms with Crippen LogP contribution in [0, 0.1) is 27.7 Å². The van der Waals surface area contributed by atoms with E-state index in [0.717, 1.165) is 28.2 Å². The number of carbonyl (C=O) groups is 3. The molecule has 6 nitrogen and oxygen atoms in total. The van der Waals surface area contributed by atoms with E-state index in [1.807, 2.05) is 32.3 Å². The van der Waals surface area contributed by atoms with Crippen LogP contribution >= 0.6 is 0 Å². The van der Waals surface area contributed by atoms with Crippen molar-refractivity contribution >= 4 is 17.7 Å². The molecule has 160 valence electrons. The second-order valence-electron chi connectivity index (χ2n) is 7.60. The van der Waals surface area contributed by atoms with Gasteiger partial charge in [-0.1, -0.05) is 24.3 Å². The summed E-state index contributed by atoms with van der Waals surface area (Å²) in [7, 11) is 0. The second kappa shape index (κ2) is 9.43. The van der Waals surface area contributed by atoms with Crippen molar-refractivity contribution in [3.05, 3.63) is 88.2 Å². The number of hydrogen-bond donors (Lipinski definition) is 1. The summed E-state index contributed by atoms with van der Waals surface area (Å²) in [6.45, 7) is 7.20. The fraction of sp³-hybridized carbons (Fsp3) is 0.240. The SMILES string of the molecule is Cc1cc(C)cc(-n2c(C)cc(C(=O)COC(=O)CNC(=O)c3ccccc3)c2C)c1. The number of ether oxygens (including phenoxy) is 1. The smallest absolute Gasteiger partial charge is 0.325 e. The number of carbonyl (C=O) groups excluding carboxylic acids is 3. The molecule has 0 saturated carbocycles. The summed E-state index contributed by atoms with van der Waals surface area (Å²) in [6.07, 6.45) is 0. The van der Waals surface area contributed by atoms with E-state index in [1.165, 1.54) is 0 Å². The Morgan fingerprint density at radius 1 is 0.903 bits per heavy atom. The molecular weight excluding hydrogens is 392 g/mol. The van der Waals surface area contributed by atoms with Crippen molar-refractivity contribution in [2.75, 3.05) is 13.2 Å². The third-order valence-corrected chi connectivity index (χ3v) is 4.99. The summed E-state index contributed by atoms with van der Waals surface area (Å²) in [4.78, 5) is 36.6. The lowest BCUT2D eigenvalue weighted by Gasteiger charge is -2.12. The normalized spacial score (nSPS) is 10.6. The molecule has 6 heteroatoms. The number of benzene rings is 2. The minimum atomic E-state index is -0.666. The van der Waals surface area contributed by atoms with Gasteiger partial charge in [-0.15, -0.1) is 0 Å². The van der Waals surface area contributed by atoms with E-state index >= 15 is 0 Å². The Morgan fingerprint density at radius 3 is 2.19 bits per heavy atom. The van der Waals surface area contributed by atoms with Crippen LogP contribution in [0.4, 0.5) is 0 Å². The van der Waals surface area contributed by atoms with E-state index in [2.05, 4.69) is 23.5 Å². The Labute approximate surface area is 181 Å². The summed E-state index contributed by atoms with van der Waals surface area (Å²) in [6, 6.07) is 16.6. The van der Waals surface area contributed by atoms with Gasteiger partial charge in [-0.2, -0.15) is 0 Å². The molecular formula is C25H26N2O4. The molecule has 1 aromatic heterocycles. The molecule has 1 heterocycles. The fourth-order valence-electron chi connectivity index (χ4n) is 3.64. The van der Waals surface area contributed by atoms with Crippen LogP contribution in [0.5, 0.6) is 0 Å². The Balaban J connectivity index is 1.62. The minimum absolute atomic E-state index is 0.286. The van der Waals surface area contributed by atoms with Gasteiger partial charge < -0.3 is 14.6 Å². The van der Waals surface area contributed by atoms with E-state index in [4.69, 9.17) is 4.74 Å². The van der Waals surface area contributed by atoms with Gasteiger partial charge in [-0.25, -0.2) is 0 Å². The molecule has 0 unspecified atom stereocenters. The molecule has 0 radical (unpaired) electrons. The summed E-state index contributed by atoms with van der Waals surface area (Å²) in [5.74, 6) is -1.33. The van der Waals surface area contributed by atoms with E-state index < -0.39 is 5.97 Å². The maximum atomic E-state index is 12.7.